The number of hydrogen-bond donors (Lipinski definition) is 1. The summed E-state index contributed by atoms with van der Waals surface area (Å²) in [5.74, 6) is 0.999. The van der Waals surface area contributed by atoms with Crippen LogP contribution >= 0.6 is 0 Å². The smallest absolute Gasteiger partial charge is 0.153 e. The Morgan fingerprint density at radius 3 is 2.86 bits per heavy atom. The summed E-state index contributed by atoms with van der Waals surface area (Å²) in [7, 11) is 0. The minimum Gasteiger partial charge on any atom is -0.371 e. The summed E-state index contributed by atoms with van der Waals surface area (Å²) >= 11 is 0. The van der Waals surface area contributed by atoms with Crippen molar-refractivity contribution in [1.82, 2.24) is 15.5 Å². The molecule has 0 aromatic carbocycles. The molecule has 4 heterocycles. The van der Waals surface area contributed by atoms with E-state index in [1.54, 1.807) is 0 Å². The second-order valence-electron chi connectivity index (χ2n) is 6.38. The Balaban J connectivity index is 1.55. The van der Waals surface area contributed by atoms with Crippen LogP contribution in [0.5, 0.6) is 0 Å². The number of ether oxygens (including phenoxy) is 1. The number of nitrogens with one attached hydrogen (secondary N) is 1. The molecule has 4 rings (SSSR count). The first kappa shape index (κ1) is 13.3. The Bertz CT molecular complexity index is 499. The van der Waals surface area contributed by atoms with Crippen molar-refractivity contribution in [3.63, 3.8) is 0 Å². The van der Waals surface area contributed by atoms with E-state index in [4.69, 9.17) is 4.74 Å². The molecular formula is C15H23N5O. The fourth-order valence-corrected chi connectivity index (χ4v) is 3.68. The molecular weight excluding hydrogens is 266 g/mol. The molecule has 2 bridgehead atoms. The van der Waals surface area contributed by atoms with Crippen molar-refractivity contribution in [2.24, 2.45) is 0 Å². The number of anilines is 2. The van der Waals surface area contributed by atoms with Gasteiger partial charge in [-0.05, 0) is 19.8 Å². The van der Waals surface area contributed by atoms with Crippen LogP contribution in [0.2, 0.25) is 0 Å². The average Bonchev–Trinajstić information content (AvgIpc) is 2.86. The van der Waals surface area contributed by atoms with E-state index in [-0.39, 0.29) is 0 Å². The highest BCUT2D eigenvalue weighted by molar-refractivity contribution is 5.54. The minimum absolute atomic E-state index is 0.382. The maximum absolute atomic E-state index is 5.90. The second kappa shape index (κ2) is 5.42. The van der Waals surface area contributed by atoms with E-state index in [2.05, 4.69) is 38.3 Å². The number of hydrogen-bond acceptors (Lipinski definition) is 6. The lowest BCUT2D eigenvalue weighted by molar-refractivity contribution is 0.0302. The molecule has 3 fully saturated rings. The van der Waals surface area contributed by atoms with Gasteiger partial charge in [0.25, 0.3) is 0 Å². The van der Waals surface area contributed by atoms with Gasteiger partial charge < -0.3 is 19.9 Å². The lowest BCUT2D eigenvalue weighted by Crippen LogP contribution is -2.50. The third-order valence-electron chi connectivity index (χ3n) is 4.83. The van der Waals surface area contributed by atoms with E-state index in [9.17, 15) is 0 Å². The third kappa shape index (κ3) is 2.58. The van der Waals surface area contributed by atoms with Crippen LogP contribution < -0.4 is 15.1 Å². The molecule has 21 heavy (non-hydrogen) atoms. The summed E-state index contributed by atoms with van der Waals surface area (Å²) in [4.78, 5) is 4.76. The number of aromatic nitrogens is 2. The van der Waals surface area contributed by atoms with Crippen molar-refractivity contribution in [2.45, 2.75) is 38.0 Å². The molecule has 0 spiro atoms. The topological polar surface area (TPSA) is 53.5 Å². The molecule has 0 amide bonds. The van der Waals surface area contributed by atoms with Gasteiger partial charge in [0.05, 0.1) is 24.1 Å². The zero-order chi connectivity index (χ0) is 14.2. The monoisotopic (exact) mass is 289 g/mol. The summed E-state index contributed by atoms with van der Waals surface area (Å²) in [5.41, 5.74) is 1.19. The molecule has 0 radical (unpaired) electrons. The number of piperazine rings is 1. The van der Waals surface area contributed by atoms with Gasteiger partial charge in [0.2, 0.25) is 0 Å². The lowest BCUT2D eigenvalue weighted by atomic mass is 10.2. The van der Waals surface area contributed by atoms with Crippen molar-refractivity contribution in [3.05, 3.63) is 12.3 Å². The van der Waals surface area contributed by atoms with Gasteiger partial charge in [-0.1, -0.05) is 0 Å². The summed E-state index contributed by atoms with van der Waals surface area (Å²) in [6, 6.07) is 2.69. The predicted octanol–water partition coefficient (Wildman–Crippen LogP) is 0.642. The van der Waals surface area contributed by atoms with Gasteiger partial charge in [-0.2, -0.15) is 5.10 Å². The molecule has 1 N–H and O–H groups in total. The Kier molecular flexibility index (Phi) is 3.43. The van der Waals surface area contributed by atoms with E-state index < -0.39 is 0 Å². The van der Waals surface area contributed by atoms with Gasteiger partial charge >= 0.3 is 0 Å². The van der Waals surface area contributed by atoms with E-state index in [1.165, 1.54) is 18.5 Å². The molecule has 6 heteroatoms. The van der Waals surface area contributed by atoms with Crippen LogP contribution in [0.3, 0.4) is 0 Å². The van der Waals surface area contributed by atoms with Crippen molar-refractivity contribution in [3.8, 4) is 0 Å². The maximum atomic E-state index is 5.90. The van der Waals surface area contributed by atoms with E-state index in [1.807, 2.05) is 6.20 Å². The minimum atomic E-state index is 0.382. The fourth-order valence-electron chi connectivity index (χ4n) is 3.68. The number of fused-ring (bicyclic) bond motifs is 2. The van der Waals surface area contributed by atoms with Crippen LogP contribution in [0, 0.1) is 0 Å². The summed E-state index contributed by atoms with van der Waals surface area (Å²) < 4.78 is 5.90. The number of nitrogens with zero attached hydrogens (tertiary/aromatic N) is 4. The maximum Gasteiger partial charge on any atom is 0.153 e. The molecule has 1 aromatic heterocycles. The molecule has 1 aromatic rings. The first-order chi connectivity index (χ1) is 10.3. The average molecular weight is 289 g/mol. The first-order valence-electron chi connectivity index (χ1n) is 8.00. The number of morpholine rings is 1. The highest BCUT2D eigenvalue weighted by Gasteiger charge is 2.34. The van der Waals surface area contributed by atoms with Gasteiger partial charge in [-0.3, -0.25) is 0 Å². The molecule has 114 valence electrons. The first-order valence-corrected chi connectivity index (χ1v) is 8.00. The van der Waals surface area contributed by atoms with Crippen molar-refractivity contribution >= 4 is 11.5 Å². The Morgan fingerprint density at radius 1 is 1.29 bits per heavy atom. The van der Waals surface area contributed by atoms with E-state index in [0.717, 1.165) is 38.5 Å². The molecule has 0 saturated carbocycles. The molecule has 3 saturated heterocycles. The van der Waals surface area contributed by atoms with Crippen LogP contribution in [-0.4, -0.2) is 61.2 Å². The van der Waals surface area contributed by atoms with Gasteiger partial charge in [0, 0.05) is 44.8 Å². The second-order valence-corrected chi connectivity index (χ2v) is 6.38. The molecule has 3 aliphatic heterocycles. The van der Waals surface area contributed by atoms with E-state index >= 15 is 0 Å². The van der Waals surface area contributed by atoms with Gasteiger partial charge in [-0.25, -0.2) is 0 Å². The van der Waals surface area contributed by atoms with Crippen LogP contribution in [0.4, 0.5) is 11.5 Å². The van der Waals surface area contributed by atoms with E-state index in [0.29, 0.717) is 18.2 Å². The quantitative estimate of drug-likeness (QED) is 0.862. The molecule has 3 atom stereocenters. The summed E-state index contributed by atoms with van der Waals surface area (Å²) in [6.45, 7) is 7.24. The van der Waals surface area contributed by atoms with Crippen LogP contribution in [0.1, 0.15) is 19.8 Å². The molecule has 0 aliphatic carbocycles. The van der Waals surface area contributed by atoms with Crippen LogP contribution in [0.25, 0.3) is 0 Å². The summed E-state index contributed by atoms with van der Waals surface area (Å²) in [5, 5.41) is 12.0. The Labute approximate surface area is 125 Å². The highest BCUT2D eigenvalue weighted by Crippen LogP contribution is 2.30. The van der Waals surface area contributed by atoms with Crippen LogP contribution in [0.15, 0.2) is 12.3 Å². The molecule has 6 nitrogen and oxygen atoms in total. The largest absolute Gasteiger partial charge is 0.371 e. The number of rotatable bonds is 2. The standard InChI is InChI=1S/C15H23N5O/c1-11-7-16-4-5-20(11)12-6-15(18-17-8-12)19-9-13-2-3-14(10-19)21-13/h6,8,11,13-14,16H,2-5,7,9-10H2,1H3/t11-,13?,14?/m1/s1. The Hall–Kier alpha value is -1.40. The predicted molar refractivity (Wildman–Crippen MR) is 81.8 cm³/mol. The summed E-state index contributed by atoms with van der Waals surface area (Å²) in [6.07, 6.45) is 5.02. The van der Waals surface area contributed by atoms with Crippen molar-refractivity contribution in [2.75, 3.05) is 42.5 Å². The zero-order valence-electron chi connectivity index (χ0n) is 12.5. The fraction of sp³-hybridized carbons (Fsp3) is 0.733. The molecule has 2 unspecified atom stereocenters. The molecule has 3 aliphatic rings. The SMILES string of the molecule is C[C@@H]1CNCCN1c1cnnc(N2CC3CCC(C2)O3)c1. The highest BCUT2D eigenvalue weighted by atomic mass is 16.5. The van der Waals surface area contributed by atoms with Gasteiger partial charge in [-0.15, -0.1) is 5.10 Å². The van der Waals surface area contributed by atoms with Gasteiger partial charge in [0.1, 0.15) is 0 Å². The zero-order valence-corrected chi connectivity index (χ0v) is 12.5. The van der Waals surface area contributed by atoms with Gasteiger partial charge in [0.15, 0.2) is 5.82 Å². The lowest BCUT2D eigenvalue weighted by Gasteiger charge is -2.37. The van der Waals surface area contributed by atoms with Crippen molar-refractivity contribution < 1.29 is 4.74 Å². The van der Waals surface area contributed by atoms with Crippen molar-refractivity contribution in [1.29, 1.82) is 0 Å². The Morgan fingerprint density at radius 2 is 2.10 bits per heavy atom. The normalized spacial score (nSPS) is 32.5. The van der Waals surface area contributed by atoms with Crippen LogP contribution in [-0.2, 0) is 4.74 Å². The third-order valence-corrected chi connectivity index (χ3v) is 4.83.